The Hall–Kier alpha value is -3.68. The Balaban J connectivity index is 1.55. The number of carbonyl (C=O) groups is 2. The van der Waals surface area contributed by atoms with Crippen molar-refractivity contribution >= 4 is 11.9 Å². The Morgan fingerprint density at radius 3 is 2.57 bits per heavy atom. The van der Waals surface area contributed by atoms with E-state index < -0.39 is 17.4 Å². The number of urea groups is 1. The number of nitrogens with one attached hydrogen (secondary N) is 1. The lowest BCUT2D eigenvalue weighted by atomic mass is 9.89. The molecule has 7 nitrogen and oxygen atoms in total. The molecule has 154 valence electrons. The highest BCUT2D eigenvalue weighted by Crippen LogP contribution is 2.33. The number of ether oxygens (including phenoxy) is 1. The molecule has 1 aromatic heterocycles. The van der Waals surface area contributed by atoms with Crippen LogP contribution in [0.5, 0.6) is 11.5 Å². The number of carbonyl (C=O) groups excluding carboxylic acids is 2. The number of hydrogen-bond donors (Lipinski definition) is 1. The number of nitrogens with zero attached hydrogens (tertiary/aromatic N) is 3. The average Bonchev–Trinajstić information content (AvgIpc) is 3.28. The molecule has 0 saturated carbocycles. The Morgan fingerprint density at radius 2 is 1.93 bits per heavy atom. The van der Waals surface area contributed by atoms with Crippen molar-refractivity contribution in [3.05, 3.63) is 77.9 Å². The van der Waals surface area contributed by atoms with Gasteiger partial charge in [-0.1, -0.05) is 31.2 Å². The molecular formula is C22H21FN4O3. The molecule has 2 aromatic carbocycles. The maximum absolute atomic E-state index is 14.5. The fourth-order valence-corrected chi connectivity index (χ4v) is 3.57. The lowest BCUT2D eigenvalue weighted by Crippen LogP contribution is -2.43. The van der Waals surface area contributed by atoms with Crippen LogP contribution in [0.3, 0.4) is 0 Å². The van der Waals surface area contributed by atoms with Gasteiger partial charge in [0.1, 0.15) is 11.3 Å². The quantitative estimate of drug-likeness (QED) is 0.631. The summed E-state index contributed by atoms with van der Waals surface area (Å²) in [5.74, 6) is -0.367. The molecule has 1 aliphatic rings. The average molecular weight is 408 g/mol. The van der Waals surface area contributed by atoms with Crippen molar-refractivity contribution in [1.29, 1.82) is 0 Å². The molecule has 1 aliphatic heterocycles. The van der Waals surface area contributed by atoms with Gasteiger partial charge in [0.05, 0.1) is 12.7 Å². The predicted octanol–water partition coefficient (Wildman–Crippen LogP) is 3.71. The first-order valence-electron chi connectivity index (χ1n) is 9.57. The summed E-state index contributed by atoms with van der Waals surface area (Å²) in [7, 11) is 1.74. The van der Waals surface area contributed by atoms with Crippen LogP contribution in [0.25, 0.3) is 0 Å². The zero-order valence-corrected chi connectivity index (χ0v) is 16.6. The Morgan fingerprint density at radius 1 is 1.17 bits per heavy atom. The molecule has 1 unspecified atom stereocenters. The Labute approximate surface area is 173 Å². The molecule has 1 fully saturated rings. The standard InChI is InChI=1S/C22H21FN4O3/c1-3-22(16-12-24-26(2)14-16)20(28)27(21(29)25-22)13-15-9-10-19(18(23)11-15)30-17-7-5-4-6-8-17/h4-12,14H,3,13H2,1-2H3,(H,25,29). The van der Waals surface area contributed by atoms with Crippen molar-refractivity contribution in [2.24, 2.45) is 7.05 Å². The fraction of sp³-hybridized carbons (Fsp3) is 0.227. The Kier molecular flexibility index (Phi) is 4.99. The number of benzene rings is 2. The van der Waals surface area contributed by atoms with Gasteiger partial charge < -0.3 is 10.1 Å². The second kappa shape index (κ2) is 7.62. The topological polar surface area (TPSA) is 76.5 Å². The van der Waals surface area contributed by atoms with E-state index in [1.54, 1.807) is 54.5 Å². The van der Waals surface area contributed by atoms with Crippen molar-refractivity contribution in [2.75, 3.05) is 0 Å². The zero-order valence-electron chi connectivity index (χ0n) is 16.6. The van der Waals surface area contributed by atoms with Crippen molar-refractivity contribution in [3.8, 4) is 11.5 Å². The highest BCUT2D eigenvalue weighted by atomic mass is 19.1. The fourth-order valence-electron chi connectivity index (χ4n) is 3.57. The number of amides is 3. The number of imide groups is 1. The predicted molar refractivity (Wildman–Crippen MR) is 107 cm³/mol. The van der Waals surface area contributed by atoms with Crippen molar-refractivity contribution in [3.63, 3.8) is 0 Å². The van der Waals surface area contributed by atoms with Gasteiger partial charge in [0.15, 0.2) is 11.6 Å². The van der Waals surface area contributed by atoms with E-state index in [9.17, 15) is 14.0 Å². The van der Waals surface area contributed by atoms with Gasteiger partial charge in [-0.2, -0.15) is 5.10 Å². The Bertz CT molecular complexity index is 1100. The number of hydrogen-bond acceptors (Lipinski definition) is 4. The third kappa shape index (κ3) is 3.41. The highest BCUT2D eigenvalue weighted by molar-refractivity contribution is 6.07. The summed E-state index contributed by atoms with van der Waals surface area (Å²) in [5.41, 5.74) is -0.0686. The SMILES string of the molecule is CCC1(c2cnn(C)c2)NC(=O)N(Cc2ccc(Oc3ccccc3)c(F)c2)C1=O. The van der Waals surface area contributed by atoms with E-state index in [1.807, 2.05) is 13.0 Å². The first-order chi connectivity index (χ1) is 14.4. The molecule has 1 atom stereocenters. The van der Waals surface area contributed by atoms with Crippen LogP contribution in [0.15, 0.2) is 60.9 Å². The number of aryl methyl sites for hydroxylation is 1. The molecule has 3 amide bonds. The van der Waals surface area contributed by atoms with Crippen molar-refractivity contribution < 1.29 is 18.7 Å². The van der Waals surface area contributed by atoms with Gasteiger partial charge in [-0.15, -0.1) is 0 Å². The van der Waals surface area contributed by atoms with Crippen LogP contribution in [0, 0.1) is 5.82 Å². The van der Waals surface area contributed by atoms with Gasteiger partial charge in [-0.05, 0) is 36.2 Å². The lowest BCUT2D eigenvalue weighted by molar-refractivity contribution is -0.132. The minimum atomic E-state index is -1.17. The van der Waals surface area contributed by atoms with E-state index in [4.69, 9.17) is 4.74 Å². The minimum absolute atomic E-state index is 0.0464. The second-order valence-corrected chi connectivity index (χ2v) is 7.16. The maximum Gasteiger partial charge on any atom is 0.325 e. The molecule has 3 aromatic rings. The normalized spacial score (nSPS) is 18.6. The van der Waals surface area contributed by atoms with E-state index >= 15 is 0 Å². The molecule has 0 radical (unpaired) electrons. The van der Waals surface area contributed by atoms with Gasteiger partial charge >= 0.3 is 6.03 Å². The van der Waals surface area contributed by atoms with Gasteiger partial charge in [0.25, 0.3) is 5.91 Å². The van der Waals surface area contributed by atoms with Gasteiger partial charge in [-0.3, -0.25) is 14.4 Å². The summed E-state index contributed by atoms with van der Waals surface area (Å²) in [5, 5.41) is 6.90. The first-order valence-corrected chi connectivity index (χ1v) is 9.57. The van der Waals surface area contributed by atoms with Crippen LogP contribution in [0.2, 0.25) is 0 Å². The van der Waals surface area contributed by atoms with Crippen molar-refractivity contribution in [1.82, 2.24) is 20.0 Å². The summed E-state index contributed by atoms with van der Waals surface area (Å²) >= 11 is 0. The van der Waals surface area contributed by atoms with Crippen LogP contribution in [-0.2, 0) is 23.9 Å². The molecular weight excluding hydrogens is 387 g/mol. The smallest absolute Gasteiger partial charge is 0.325 e. The van der Waals surface area contributed by atoms with Crippen LogP contribution in [0.1, 0.15) is 24.5 Å². The molecule has 1 N–H and O–H groups in total. The molecule has 4 rings (SSSR count). The summed E-state index contributed by atoms with van der Waals surface area (Å²) in [6, 6.07) is 12.8. The van der Waals surface area contributed by atoms with Crippen LogP contribution in [-0.4, -0.2) is 26.6 Å². The van der Waals surface area contributed by atoms with Gasteiger partial charge in [0, 0.05) is 18.8 Å². The summed E-state index contributed by atoms with van der Waals surface area (Å²) in [4.78, 5) is 26.8. The van der Waals surface area contributed by atoms with E-state index in [1.165, 1.54) is 12.1 Å². The summed E-state index contributed by atoms with van der Waals surface area (Å²) in [6.45, 7) is 1.78. The summed E-state index contributed by atoms with van der Waals surface area (Å²) in [6.07, 6.45) is 3.65. The minimum Gasteiger partial charge on any atom is -0.454 e. The molecule has 0 spiro atoms. The van der Waals surface area contributed by atoms with E-state index in [0.717, 1.165) is 4.90 Å². The number of rotatable bonds is 6. The largest absolute Gasteiger partial charge is 0.454 e. The molecule has 1 saturated heterocycles. The van der Waals surface area contributed by atoms with E-state index in [2.05, 4.69) is 10.4 Å². The van der Waals surface area contributed by atoms with Gasteiger partial charge in [-0.25, -0.2) is 9.18 Å². The molecule has 0 bridgehead atoms. The van der Waals surface area contributed by atoms with Crippen LogP contribution >= 0.6 is 0 Å². The summed E-state index contributed by atoms with van der Waals surface area (Å²) < 4.78 is 21.7. The molecule has 30 heavy (non-hydrogen) atoms. The monoisotopic (exact) mass is 408 g/mol. The highest BCUT2D eigenvalue weighted by Gasteiger charge is 2.51. The van der Waals surface area contributed by atoms with Crippen LogP contribution in [0.4, 0.5) is 9.18 Å². The molecule has 0 aliphatic carbocycles. The number of halogens is 1. The van der Waals surface area contributed by atoms with Crippen LogP contribution < -0.4 is 10.1 Å². The van der Waals surface area contributed by atoms with E-state index in [-0.39, 0.29) is 18.2 Å². The first kappa shape index (κ1) is 19.6. The number of aromatic nitrogens is 2. The number of para-hydroxylation sites is 1. The third-order valence-corrected chi connectivity index (χ3v) is 5.21. The zero-order chi connectivity index (χ0) is 21.3. The molecule has 2 heterocycles. The third-order valence-electron chi connectivity index (χ3n) is 5.21. The lowest BCUT2D eigenvalue weighted by Gasteiger charge is -2.23. The second-order valence-electron chi connectivity index (χ2n) is 7.16. The van der Waals surface area contributed by atoms with E-state index in [0.29, 0.717) is 23.3 Å². The molecule has 8 heteroatoms. The van der Waals surface area contributed by atoms with Crippen molar-refractivity contribution in [2.45, 2.75) is 25.4 Å². The maximum atomic E-state index is 14.5. The van der Waals surface area contributed by atoms with Gasteiger partial charge in [0.2, 0.25) is 0 Å².